The number of nitrogens with two attached hydrogens (primary N) is 1. The van der Waals surface area contributed by atoms with E-state index in [0.717, 1.165) is 12.8 Å². The summed E-state index contributed by atoms with van der Waals surface area (Å²) in [6.45, 7) is 0.520. The number of carboxylic acid groups (broad SMARTS) is 1. The standard InChI is InChI=1S/C13H17N3O5/c14-11(17)9-3-1-2-6-16(9)13(20)15-7-8-4-5-10(21-8)12(18)19/h4-5,9H,1-3,6-7H2,(H2,14,17)(H,15,20)(H,18,19). The second-order valence-corrected chi connectivity index (χ2v) is 4.84. The smallest absolute Gasteiger partial charge is 0.371 e. The number of aromatic carboxylic acids is 1. The summed E-state index contributed by atoms with van der Waals surface area (Å²) in [7, 11) is 0. The minimum atomic E-state index is -1.17. The van der Waals surface area contributed by atoms with Crippen molar-refractivity contribution in [3.63, 3.8) is 0 Å². The van der Waals surface area contributed by atoms with Gasteiger partial charge in [-0.15, -0.1) is 0 Å². The lowest BCUT2D eigenvalue weighted by Gasteiger charge is -2.33. The predicted molar refractivity (Wildman–Crippen MR) is 71.4 cm³/mol. The minimum Gasteiger partial charge on any atom is -0.475 e. The van der Waals surface area contributed by atoms with Crippen LogP contribution in [0.2, 0.25) is 0 Å². The topological polar surface area (TPSA) is 126 Å². The summed E-state index contributed by atoms with van der Waals surface area (Å²) in [4.78, 5) is 35.5. The molecule has 1 unspecified atom stereocenters. The van der Waals surface area contributed by atoms with Crippen LogP contribution in [-0.2, 0) is 11.3 Å². The van der Waals surface area contributed by atoms with E-state index >= 15 is 0 Å². The number of nitrogens with zero attached hydrogens (tertiary/aromatic N) is 1. The van der Waals surface area contributed by atoms with Gasteiger partial charge in [-0.05, 0) is 31.4 Å². The summed E-state index contributed by atoms with van der Waals surface area (Å²) >= 11 is 0. The highest BCUT2D eigenvalue weighted by atomic mass is 16.4. The molecule has 2 rings (SSSR count). The summed E-state index contributed by atoms with van der Waals surface area (Å²) in [6.07, 6.45) is 2.24. The molecule has 0 spiro atoms. The lowest BCUT2D eigenvalue weighted by molar-refractivity contribution is -0.123. The SMILES string of the molecule is NC(=O)C1CCCCN1C(=O)NCc1ccc(C(=O)O)o1. The van der Waals surface area contributed by atoms with Gasteiger partial charge in [0.15, 0.2) is 0 Å². The maximum atomic E-state index is 12.1. The Morgan fingerprint density at radius 2 is 2.14 bits per heavy atom. The van der Waals surface area contributed by atoms with Crippen LogP contribution >= 0.6 is 0 Å². The molecule has 21 heavy (non-hydrogen) atoms. The number of carbonyl (C=O) groups is 3. The minimum absolute atomic E-state index is 0.0497. The molecule has 0 bridgehead atoms. The summed E-state index contributed by atoms with van der Waals surface area (Å²) < 4.78 is 5.03. The number of nitrogens with one attached hydrogen (secondary N) is 1. The van der Waals surface area contributed by atoms with Crippen LogP contribution in [0.4, 0.5) is 4.79 Å². The Hall–Kier alpha value is -2.51. The van der Waals surface area contributed by atoms with Crippen molar-refractivity contribution in [2.45, 2.75) is 31.8 Å². The van der Waals surface area contributed by atoms with Gasteiger partial charge in [0.2, 0.25) is 11.7 Å². The molecular weight excluding hydrogens is 278 g/mol. The van der Waals surface area contributed by atoms with Crippen molar-refractivity contribution in [2.75, 3.05) is 6.54 Å². The third-order valence-corrected chi connectivity index (χ3v) is 3.38. The molecule has 1 fully saturated rings. The Kier molecular flexibility index (Phi) is 4.46. The number of urea groups is 1. The van der Waals surface area contributed by atoms with Crippen molar-refractivity contribution in [1.82, 2.24) is 10.2 Å². The van der Waals surface area contributed by atoms with E-state index in [1.54, 1.807) is 0 Å². The van der Waals surface area contributed by atoms with Gasteiger partial charge in [-0.1, -0.05) is 0 Å². The first-order chi connectivity index (χ1) is 9.99. The number of hydrogen-bond acceptors (Lipinski definition) is 4. The van der Waals surface area contributed by atoms with E-state index in [9.17, 15) is 14.4 Å². The molecule has 114 valence electrons. The van der Waals surface area contributed by atoms with Crippen LogP contribution in [0.5, 0.6) is 0 Å². The highest BCUT2D eigenvalue weighted by Crippen LogP contribution is 2.17. The first-order valence-electron chi connectivity index (χ1n) is 6.65. The van der Waals surface area contributed by atoms with Gasteiger partial charge in [0.05, 0.1) is 6.54 Å². The third-order valence-electron chi connectivity index (χ3n) is 3.38. The summed E-state index contributed by atoms with van der Waals surface area (Å²) in [5.41, 5.74) is 5.29. The number of hydrogen-bond donors (Lipinski definition) is 3. The zero-order valence-corrected chi connectivity index (χ0v) is 11.4. The second kappa shape index (κ2) is 6.29. The van der Waals surface area contributed by atoms with E-state index in [-0.39, 0.29) is 12.3 Å². The maximum absolute atomic E-state index is 12.1. The molecule has 1 aromatic heterocycles. The van der Waals surface area contributed by atoms with Crippen LogP contribution in [0, 0.1) is 0 Å². The molecule has 4 N–H and O–H groups in total. The zero-order chi connectivity index (χ0) is 15.4. The molecule has 0 aliphatic carbocycles. The van der Waals surface area contributed by atoms with Gasteiger partial charge in [-0.2, -0.15) is 0 Å². The molecule has 0 radical (unpaired) electrons. The number of furan rings is 1. The number of amides is 3. The van der Waals surface area contributed by atoms with Gasteiger partial charge in [-0.25, -0.2) is 9.59 Å². The van der Waals surface area contributed by atoms with Crippen molar-refractivity contribution < 1.29 is 23.9 Å². The van der Waals surface area contributed by atoms with Gasteiger partial charge < -0.3 is 25.5 Å². The Labute approximate surface area is 120 Å². The number of piperidine rings is 1. The van der Waals surface area contributed by atoms with Crippen LogP contribution in [-0.4, -0.2) is 40.5 Å². The lowest BCUT2D eigenvalue weighted by Crippen LogP contribution is -2.53. The highest BCUT2D eigenvalue weighted by Gasteiger charge is 2.30. The molecular formula is C13H17N3O5. The van der Waals surface area contributed by atoms with Gasteiger partial charge in [-0.3, -0.25) is 4.79 Å². The number of likely N-dealkylation sites (tertiary alicyclic amines) is 1. The lowest BCUT2D eigenvalue weighted by atomic mass is 10.0. The van der Waals surface area contributed by atoms with E-state index in [4.69, 9.17) is 15.3 Å². The van der Waals surface area contributed by atoms with Crippen LogP contribution in [0.3, 0.4) is 0 Å². The van der Waals surface area contributed by atoms with E-state index < -0.39 is 23.9 Å². The van der Waals surface area contributed by atoms with Crippen molar-refractivity contribution in [3.8, 4) is 0 Å². The Balaban J connectivity index is 1.93. The second-order valence-electron chi connectivity index (χ2n) is 4.84. The summed E-state index contributed by atoms with van der Waals surface area (Å²) in [5, 5.41) is 11.3. The maximum Gasteiger partial charge on any atom is 0.371 e. The first-order valence-corrected chi connectivity index (χ1v) is 6.65. The van der Waals surface area contributed by atoms with Gasteiger partial charge in [0, 0.05) is 6.54 Å². The van der Waals surface area contributed by atoms with E-state index in [1.165, 1.54) is 17.0 Å². The van der Waals surface area contributed by atoms with Crippen LogP contribution in [0.1, 0.15) is 35.6 Å². The Morgan fingerprint density at radius 3 is 2.76 bits per heavy atom. The predicted octanol–water partition coefficient (Wildman–Crippen LogP) is 0.527. The molecule has 3 amide bonds. The Morgan fingerprint density at radius 1 is 1.38 bits per heavy atom. The average molecular weight is 295 g/mol. The molecule has 1 aliphatic heterocycles. The first kappa shape index (κ1) is 14.9. The third kappa shape index (κ3) is 3.53. The van der Waals surface area contributed by atoms with Crippen molar-refractivity contribution in [3.05, 3.63) is 23.7 Å². The summed E-state index contributed by atoms with van der Waals surface area (Å²) in [5.74, 6) is -1.55. The van der Waals surface area contributed by atoms with Gasteiger partial charge in [0.1, 0.15) is 11.8 Å². The fraction of sp³-hybridized carbons (Fsp3) is 0.462. The molecule has 1 atom stereocenters. The molecule has 1 aromatic rings. The number of rotatable bonds is 4. The fourth-order valence-corrected chi connectivity index (χ4v) is 2.32. The van der Waals surface area contributed by atoms with Crippen molar-refractivity contribution in [2.24, 2.45) is 5.73 Å². The molecule has 1 aliphatic rings. The number of carbonyl (C=O) groups excluding carboxylic acids is 2. The van der Waals surface area contributed by atoms with Crippen LogP contribution in [0.25, 0.3) is 0 Å². The molecule has 0 saturated carbocycles. The molecule has 0 aromatic carbocycles. The van der Waals surface area contributed by atoms with E-state index in [0.29, 0.717) is 18.7 Å². The zero-order valence-electron chi connectivity index (χ0n) is 11.4. The van der Waals surface area contributed by atoms with E-state index in [1.807, 2.05) is 0 Å². The largest absolute Gasteiger partial charge is 0.475 e. The van der Waals surface area contributed by atoms with Gasteiger partial charge in [0.25, 0.3) is 0 Å². The molecule has 2 heterocycles. The number of primary amides is 1. The molecule has 8 heteroatoms. The molecule has 8 nitrogen and oxygen atoms in total. The highest BCUT2D eigenvalue weighted by molar-refractivity contribution is 5.86. The fourth-order valence-electron chi connectivity index (χ4n) is 2.32. The summed E-state index contributed by atoms with van der Waals surface area (Å²) in [6, 6.07) is 1.79. The molecule has 1 saturated heterocycles. The van der Waals surface area contributed by atoms with Crippen molar-refractivity contribution >= 4 is 17.9 Å². The van der Waals surface area contributed by atoms with Crippen LogP contribution in [0.15, 0.2) is 16.5 Å². The average Bonchev–Trinajstić information content (AvgIpc) is 2.94. The Bertz CT molecular complexity index is 554. The normalized spacial score (nSPS) is 18.3. The van der Waals surface area contributed by atoms with Gasteiger partial charge >= 0.3 is 12.0 Å². The quantitative estimate of drug-likeness (QED) is 0.746. The van der Waals surface area contributed by atoms with Crippen LogP contribution < -0.4 is 11.1 Å². The van der Waals surface area contributed by atoms with Crippen molar-refractivity contribution in [1.29, 1.82) is 0 Å². The monoisotopic (exact) mass is 295 g/mol. The number of carboxylic acids is 1. The van der Waals surface area contributed by atoms with E-state index in [2.05, 4.69) is 5.32 Å².